The molecule has 0 aliphatic carbocycles. The average Bonchev–Trinajstić information content (AvgIpc) is 2.07. The third-order valence-electron chi connectivity index (χ3n) is 1.10. The molecule has 0 amide bonds. The lowest BCUT2D eigenvalue weighted by molar-refractivity contribution is 1.44. The molecule has 1 nitrogen and oxygen atoms in total. The molecule has 0 unspecified atom stereocenters. The minimum atomic E-state index is 0.800. The Bertz CT molecular complexity index is 277. The molecule has 0 aromatic heterocycles. The second-order valence-corrected chi connectivity index (χ2v) is 3.05. The van der Waals surface area contributed by atoms with Crippen LogP contribution in [0.5, 0.6) is 0 Å². The summed E-state index contributed by atoms with van der Waals surface area (Å²) in [6, 6.07) is 7.43. The first kappa shape index (κ1) is 8.75. The van der Waals surface area contributed by atoms with Crippen LogP contribution in [0.15, 0.2) is 34.2 Å². The Morgan fingerprint density at radius 2 is 2.00 bits per heavy atom. The van der Waals surface area contributed by atoms with Crippen molar-refractivity contribution in [2.24, 2.45) is 4.99 Å². The summed E-state index contributed by atoms with van der Waals surface area (Å²) >= 11 is 4.45. The van der Waals surface area contributed by atoms with Gasteiger partial charge in [-0.25, -0.2) is 0 Å². The van der Waals surface area contributed by atoms with Crippen LogP contribution < -0.4 is 0 Å². The van der Waals surface area contributed by atoms with E-state index in [1.807, 2.05) is 24.3 Å². The van der Waals surface area contributed by atoms with Crippen molar-refractivity contribution >= 4 is 44.7 Å². The van der Waals surface area contributed by atoms with Gasteiger partial charge in [-0.2, -0.15) is 4.99 Å². The highest BCUT2D eigenvalue weighted by Crippen LogP contribution is 2.23. The van der Waals surface area contributed by atoms with Gasteiger partial charge in [-0.1, -0.05) is 0 Å². The second-order valence-electron chi connectivity index (χ2n) is 1.77. The summed E-state index contributed by atoms with van der Waals surface area (Å²) in [5, 5.41) is 2.29. The Labute approximate surface area is 79.0 Å². The smallest absolute Gasteiger partial charge is 0.0740 e. The first-order chi connectivity index (χ1) is 5.36. The maximum Gasteiger partial charge on any atom is 0.0740 e. The van der Waals surface area contributed by atoms with Crippen molar-refractivity contribution < 1.29 is 0 Å². The molecule has 0 atom stereocenters. The van der Waals surface area contributed by atoms with Crippen LogP contribution in [-0.2, 0) is 0 Å². The minimum Gasteiger partial charge on any atom is -0.195 e. The summed E-state index contributed by atoms with van der Waals surface area (Å²) in [5.41, 5.74) is 0.800. The van der Waals surface area contributed by atoms with E-state index in [1.165, 1.54) is 11.0 Å². The number of benzene rings is 1. The van der Waals surface area contributed by atoms with Gasteiger partial charge in [0.1, 0.15) is 0 Å². The number of thiocarbonyl (C=S) groups is 1. The molecule has 0 N–H and O–H groups in total. The van der Waals surface area contributed by atoms with Crippen LogP contribution in [-0.4, -0.2) is 5.16 Å². The molecule has 1 aromatic rings. The number of hydrogen-bond acceptors (Lipinski definition) is 3. The van der Waals surface area contributed by atoms with E-state index in [0.29, 0.717) is 0 Å². The van der Waals surface area contributed by atoms with Crippen LogP contribution in [0, 0.1) is 0 Å². The average molecular weight is 202 g/mol. The Hall–Kier alpha value is -0.340. The molecular formula is C7H4ClNS2. The van der Waals surface area contributed by atoms with Gasteiger partial charge in [-0.05, 0) is 58.1 Å². The first-order valence-electron chi connectivity index (χ1n) is 2.83. The summed E-state index contributed by atoms with van der Waals surface area (Å²) in [6.45, 7) is 0. The van der Waals surface area contributed by atoms with Gasteiger partial charge in [0, 0.05) is 4.90 Å². The zero-order valence-electron chi connectivity index (χ0n) is 5.45. The maximum atomic E-state index is 5.51. The van der Waals surface area contributed by atoms with E-state index in [1.54, 1.807) is 0 Å². The minimum absolute atomic E-state index is 0.800. The quantitative estimate of drug-likeness (QED) is 0.535. The van der Waals surface area contributed by atoms with Crippen molar-refractivity contribution in [3.05, 3.63) is 24.3 Å². The molecule has 0 bridgehead atoms. The van der Waals surface area contributed by atoms with Crippen LogP contribution in [0.1, 0.15) is 0 Å². The number of nitrogens with zero attached hydrogens (tertiary/aromatic N) is 1. The fourth-order valence-electron chi connectivity index (χ4n) is 0.625. The van der Waals surface area contributed by atoms with Crippen molar-refractivity contribution in [3.8, 4) is 0 Å². The van der Waals surface area contributed by atoms with E-state index >= 15 is 0 Å². The zero-order valence-corrected chi connectivity index (χ0v) is 7.84. The van der Waals surface area contributed by atoms with E-state index in [9.17, 15) is 0 Å². The molecule has 0 saturated carbocycles. The number of rotatable bonds is 2. The molecule has 4 heteroatoms. The van der Waals surface area contributed by atoms with Crippen LogP contribution in [0.2, 0.25) is 0 Å². The van der Waals surface area contributed by atoms with Crippen molar-refractivity contribution in [2.45, 2.75) is 4.90 Å². The summed E-state index contributed by atoms with van der Waals surface area (Å²) in [7, 11) is 6.69. The Balaban J connectivity index is 2.91. The highest BCUT2D eigenvalue weighted by atomic mass is 35.7. The van der Waals surface area contributed by atoms with Crippen LogP contribution in [0.4, 0.5) is 5.69 Å². The van der Waals surface area contributed by atoms with Gasteiger partial charge in [-0.3, -0.25) is 0 Å². The molecular weight excluding hydrogens is 198 g/mol. The summed E-state index contributed by atoms with van der Waals surface area (Å²) < 4.78 is 0. The highest BCUT2D eigenvalue weighted by molar-refractivity contribution is 8.21. The van der Waals surface area contributed by atoms with Crippen molar-refractivity contribution in [1.82, 2.24) is 0 Å². The molecule has 0 spiro atoms. The normalized spacial score (nSPS) is 8.82. The largest absolute Gasteiger partial charge is 0.195 e. The molecule has 0 fully saturated rings. The fraction of sp³-hybridized carbons (Fsp3) is 0. The maximum absolute atomic E-state index is 5.51. The molecule has 0 aliphatic heterocycles. The number of halogens is 1. The van der Waals surface area contributed by atoms with Gasteiger partial charge < -0.3 is 0 Å². The van der Waals surface area contributed by atoms with Crippen molar-refractivity contribution in [2.75, 3.05) is 0 Å². The van der Waals surface area contributed by atoms with Crippen LogP contribution in [0.25, 0.3) is 0 Å². The lowest BCUT2D eigenvalue weighted by Gasteiger charge is -1.92. The van der Waals surface area contributed by atoms with E-state index in [2.05, 4.69) is 22.4 Å². The Morgan fingerprint density at radius 1 is 1.36 bits per heavy atom. The number of hydrogen-bond donors (Lipinski definition) is 0. The first-order valence-corrected chi connectivity index (χ1v) is 4.88. The van der Waals surface area contributed by atoms with Gasteiger partial charge in [0.15, 0.2) is 0 Å². The van der Waals surface area contributed by atoms with E-state index in [4.69, 9.17) is 10.7 Å². The molecule has 0 heterocycles. The predicted octanol–water partition coefficient (Wildman–Crippen LogP) is 3.67. The fourth-order valence-corrected chi connectivity index (χ4v) is 1.28. The lowest BCUT2D eigenvalue weighted by atomic mass is 10.3. The van der Waals surface area contributed by atoms with Gasteiger partial charge >= 0.3 is 0 Å². The van der Waals surface area contributed by atoms with Crippen LogP contribution >= 0.6 is 33.9 Å². The van der Waals surface area contributed by atoms with Gasteiger partial charge in [0.2, 0.25) is 0 Å². The number of aliphatic imine (C=N–C) groups is 1. The molecule has 0 aliphatic rings. The third kappa shape index (κ3) is 2.64. The van der Waals surface area contributed by atoms with Crippen molar-refractivity contribution in [3.63, 3.8) is 0 Å². The zero-order chi connectivity index (χ0) is 8.10. The topological polar surface area (TPSA) is 12.4 Å². The molecule has 1 rings (SSSR count). The summed E-state index contributed by atoms with van der Waals surface area (Å²) in [4.78, 5) is 4.79. The Morgan fingerprint density at radius 3 is 2.45 bits per heavy atom. The molecule has 0 saturated heterocycles. The summed E-state index contributed by atoms with van der Waals surface area (Å²) in [5.74, 6) is 0. The molecule has 1 aromatic carbocycles. The van der Waals surface area contributed by atoms with Crippen molar-refractivity contribution in [1.29, 1.82) is 0 Å². The molecule has 56 valence electrons. The standard InChI is InChI=1S/C7H4ClNS2/c8-11-7-3-1-6(2-4-7)9-5-10/h1-4H. The summed E-state index contributed by atoms with van der Waals surface area (Å²) in [6.07, 6.45) is 0. The van der Waals surface area contributed by atoms with Crippen LogP contribution in [0.3, 0.4) is 0 Å². The lowest BCUT2D eigenvalue weighted by Crippen LogP contribution is -1.65. The van der Waals surface area contributed by atoms with E-state index in [-0.39, 0.29) is 0 Å². The Kier molecular flexibility index (Phi) is 3.60. The SMILES string of the molecule is S=C=Nc1ccc(SCl)cc1. The number of isothiocyanates is 1. The highest BCUT2D eigenvalue weighted by Gasteiger charge is 1.90. The van der Waals surface area contributed by atoms with E-state index < -0.39 is 0 Å². The van der Waals surface area contributed by atoms with Gasteiger partial charge in [-0.15, -0.1) is 0 Å². The molecule has 0 radical (unpaired) electrons. The second kappa shape index (κ2) is 4.52. The monoisotopic (exact) mass is 201 g/mol. The predicted molar refractivity (Wildman–Crippen MR) is 52.8 cm³/mol. The van der Waals surface area contributed by atoms with Gasteiger partial charge in [0.05, 0.1) is 10.8 Å². The van der Waals surface area contributed by atoms with Gasteiger partial charge in [0.25, 0.3) is 0 Å². The molecule has 11 heavy (non-hydrogen) atoms. The van der Waals surface area contributed by atoms with E-state index in [0.717, 1.165) is 10.6 Å². The third-order valence-corrected chi connectivity index (χ3v) is 2.18.